The average Bonchev–Trinajstić information content (AvgIpc) is 3.21. The second-order valence-corrected chi connectivity index (χ2v) is 7.82. The Morgan fingerprint density at radius 1 is 1.17 bits per heavy atom. The first-order chi connectivity index (χ1) is 11.5. The molecule has 0 radical (unpaired) electrons. The fourth-order valence-electron chi connectivity index (χ4n) is 3.22. The van der Waals surface area contributed by atoms with Crippen molar-refractivity contribution < 1.29 is 12.8 Å². The molecule has 7 heteroatoms. The lowest BCUT2D eigenvalue weighted by molar-refractivity contribution is 0.238. The van der Waals surface area contributed by atoms with Gasteiger partial charge in [-0.15, -0.1) is 0 Å². The smallest absolute Gasteiger partial charge is 0.243 e. The van der Waals surface area contributed by atoms with Gasteiger partial charge in [0.25, 0.3) is 0 Å². The number of likely N-dealkylation sites (tertiary alicyclic amines) is 1. The van der Waals surface area contributed by atoms with E-state index in [0.29, 0.717) is 0 Å². The van der Waals surface area contributed by atoms with Crippen LogP contribution < -0.4 is 4.72 Å². The van der Waals surface area contributed by atoms with Crippen molar-refractivity contribution >= 4 is 10.0 Å². The molecule has 1 aliphatic heterocycles. The molecule has 1 fully saturated rings. The quantitative estimate of drug-likeness (QED) is 0.869. The van der Waals surface area contributed by atoms with Gasteiger partial charge in [-0.05, 0) is 50.2 Å². The lowest BCUT2D eigenvalue weighted by atomic mass is 10.2. The second kappa shape index (κ2) is 7.04. The van der Waals surface area contributed by atoms with Gasteiger partial charge in [-0.2, -0.15) is 0 Å². The van der Waals surface area contributed by atoms with Crippen LogP contribution in [0.5, 0.6) is 0 Å². The minimum Gasteiger partial charge on any atom is -0.353 e. The molecule has 0 saturated carbocycles. The van der Waals surface area contributed by atoms with Crippen molar-refractivity contribution in [1.29, 1.82) is 0 Å². The van der Waals surface area contributed by atoms with Gasteiger partial charge in [0.2, 0.25) is 10.0 Å². The summed E-state index contributed by atoms with van der Waals surface area (Å²) in [4.78, 5) is 1.97. The Kier molecular flexibility index (Phi) is 5.03. The lowest BCUT2D eigenvalue weighted by Crippen LogP contribution is -2.37. The van der Waals surface area contributed by atoms with Crippen LogP contribution in [0.3, 0.4) is 0 Å². The van der Waals surface area contributed by atoms with Crippen LogP contribution in [0.4, 0.5) is 4.39 Å². The van der Waals surface area contributed by atoms with Gasteiger partial charge in [0.1, 0.15) is 10.7 Å². The SMILES string of the molecule is Cn1cccc1[C@H](CNS(=O)(=O)c1ccccc1F)N1CCCC1. The number of aromatic nitrogens is 1. The minimum absolute atomic E-state index is 0.0611. The van der Waals surface area contributed by atoms with E-state index < -0.39 is 15.8 Å². The third-order valence-corrected chi connectivity index (χ3v) is 5.96. The zero-order valence-electron chi connectivity index (χ0n) is 13.7. The second-order valence-electron chi connectivity index (χ2n) is 6.09. The Morgan fingerprint density at radius 2 is 1.88 bits per heavy atom. The van der Waals surface area contributed by atoms with Gasteiger partial charge in [0.15, 0.2) is 0 Å². The predicted molar refractivity (Wildman–Crippen MR) is 90.5 cm³/mol. The van der Waals surface area contributed by atoms with E-state index in [9.17, 15) is 12.8 Å². The largest absolute Gasteiger partial charge is 0.353 e. The van der Waals surface area contributed by atoms with Crippen molar-refractivity contribution in [1.82, 2.24) is 14.2 Å². The van der Waals surface area contributed by atoms with Crippen molar-refractivity contribution in [3.63, 3.8) is 0 Å². The predicted octanol–water partition coefficient (Wildman–Crippen LogP) is 2.28. The van der Waals surface area contributed by atoms with E-state index >= 15 is 0 Å². The molecular formula is C17H22FN3O2S. The highest BCUT2D eigenvalue weighted by Gasteiger charge is 2.27. The summed E-state index contributed by atoms with van der Waals surface area (Å²) in [6.07, 6.45) is 4.17. The maximum atomic E-state index is 13.8. The van der Waals surface area contributed by atoms with E-state index in [1.165, 1.54) is 18.2 Å². The van der Waals surface area contributed by atoms with E-state index in [-0.39, 0.29) is 17.5 Å². The van der Waals surface area contributed by atoms with Gasteiger partial charge >= 0.3 is 0 Å². The minimum atomic E-state index is -3.88. The third kappa shape index (κ3) is 3.53. The maximum Gasteiger partial charge on any atom is 0.243 e. The average molecular weight is 351 g/mol. The zero-order valence-corrected chi connectivity index (χ0v) is 14.5. The summed E-state index contributed by atoms with van der Waals surface area (Å²) in [5, 5.41) is 0. The first-order valence-corrected chi connectivity index (χ1v) is 9.57. The number of aryl methyl sites for hydroxylation is 1. The van der Waals surface area contributed by atoms with E-state index in [1.807, 2.05) is 29.9 Å². The Hall–Kier alpha value is -1.70. The van der Waals surface area contributed by atoms with E-state index in [4.69, 9.17) is 0 Å². The first-order valence-electron chi connectivity index (χ1n) is 8.08. The Balaban J connectivity index is 1.81. The Morgan fingerprint density at radius 3 is 2.50 bits per heavy atom. The number of nitrogens with zero attached hydrogens (tertiary/aromatic N) is 2. The standard InChI is InChI=1S/C17H22FN3O2S/c1-20-10-6-8-15(20)16(21-11-4-5-12-21)13-19-24(22,23)17-9-3-2-7-14(17)18/h2-3,6-10,16,19H,4-5,11-13H2,1H3/t16-/m0/s1. The highest BCUT2D eigenvalue weighted by Crippen LogP contribution is 2.25. The van der Waals surface area contributed by atoms with Crippen LogP contribution in [-0.4, -0.2) is 37.5 Å². The number of sulfonamides is 1. The van der Waals surface area contributed by atoms with Crippen molar-refractivity contribution in [2.24, 2.45) is 7.05 Å². The summed E-state index contributed by atoms with van der Waals surface area (Å²) in [6.45, 7) is 2.10. The number of halogens is 1. The van der Waals surface area contributed by atoms with Crippen molar-refractivity contribution in [2.75, 3.05) is 19.6 Å². The third-order valence-electron chi connectivity index (χ3n) is 4.50. The molecule has 0 aliphatic carbocycles. The normalized spacial score (nSPS) is 17.2. The number of hydrogen-bond donors (Lipinski definition) is 1. The molecular weight excluding hydrogens is 329 g/mol. The number of nitrogens with one attached hydrogen (secondary N) is 1. The van der Waals surface area contributed by atoms with Gasteiger partial charge < -0.3 is 4.57 Å². The summed E-state index contributed by atoms with van der Waals surface area (Å²) in [5.74, 6) is -0.735. The van der Waals surface area contributed by atoms with Crippen molar-refractivity contribution in [3.8, 4) is 0 Å². The summed E-state index contributed by atoms with van der Waals surface area (Å²) < 4.78 is 43.3. The zero-order chi connectivity index (χ0) is 17.2. The molecule has 0 bridgehead atoms. The molecule has 2 aromatic rings. The van der Waals surface area contributed by atoms with Crippen molar-refractivity contribution in [2.45, 2.75) is 23.8 Å². The van der Waals surface area contributed by atoms with Crippen LogP contribution >= 0.6 is 0 Å². The molecule has 1 saturated heterocycles. The molecule has 1 N–H and O–H groups in total. The Bertz CT molecular complexity index is 798. The van der Waals surface area contributed by atoms with Gasteiger partial charge in [-0.3, -0.25) is 4.90 Å². The molecule has 2 heterocycles. The molecule has 1 atom stereocenters. The monoisotopic (exact) mass is 351 g/mol. The van der Waals surface area contributed by atoms with Gasteiger partial charge in [-0.1, -0.05) is 12.1 Å². The van der Waals surface area contributed by atoms with Crippen LogP contribution in [0.2, 0.25) is 0 Å². The molecule has 5 nitrogen and oxygen atoms in total. The highest BCUT2D eigenvalue weighted by atomic mass is 32.2. The molecule has 0 spiro atoms. The molecule has 3 rings (SSSR count). The highest BCUT2D eigenvalue weighted by molar-refractivity contribution is 7.89. The first kappa shape index (κ1) is 17.1. The van der Waals surface area contributed by atoms with Gasteiger partial charge in [-0.25, -0.2) is 17.5 Å². The van der Waals surface area contributed by atoms with E-state index in [0.717, 1.165) is 37.7 Å². The van der Waals surface area contributed by atoms with Crippen LogP contribution in [0.15, 0.2) is 47.5 Å². The van der Waals surface area contributed by atoms with Crippen LogP contribution in [0.1, 0.15) is 24.6 Å². The van der Waals surface area contributed by atoms with Gasteiger partial charge in [0, 0.05) is 25.5 Å². The number of hydrogen-bond acceptors (Lipinski definition) is 3. The summed E-state index contributed by atoms with van der Waals surface area (Å²) >= 11 is 0. The summed E-state index contributed by atoms with van der Waals surface area (Å²) in [5.41, 5.74) is 1.05. The molecule has 0 amide bonds. The Labute approximate surface area is 142 Å². The molecule has 0 unspecified atom stereocenters. The molecule has 24 heavy (non-hydrogen) atoms. The van der Waals surface area contributed by atoms with E-state index in [1.54, 1.807) is 0 Å². The molecule has 130 valence electrons. The lowest BCUT2D eigenvalue weighted by Gasteiger charge is -2.28. The topological polar surface area (TPSA) is 54.3 Å². The summed E-state index contributed by atoms with van der Waals surface area (Å²) in [6, 6.07) is 9.32. The van der Waals surface area contributed by atoms with Crippen LogP contribution in [-0.2, 0) is 17.1 Å². The van der Waals surface area contributed by atoms with Gasteiger partial charge in [0.05, 0.1) is 6.04 Å². The number of benzene rings is 1. The number of rotatable bonds is 6. The van der Waals surface area contributed by atoms with Crippen molar-refractivity contribution in [3.05, 3.63) is 54.1 Å². The van der Waals surface area contributed by atoms with E-state index in [2.05, 4.69) is 9.62 Å². The molecule has 1 aromatic heterocycles. The fraction of sp³-hybridized carbons (Fsp3) is 0.412. The molecule has 1 aromatic carbocycles. The van der Waals surface area contributed by atoms with Crippen LogP contribution in [0, 0.1) is 5.82 Å². The summed E-state index contributed by atoms with van der Waals surface area (Å²) in [7, 11) is -1.93. The maximum absolute atomic E-state index is 13.8. The fourth-order valence-corrected chi connectivity index (χ4v) is 4.34. The molecule has 1 aliphatic rings. The van der Waals surface area contributed by atoms with Crippen LogP contribution in [0.25, 0.3) is 0 Å².